The van der Waals surface area contributed by atoms with Crippen LogP contribution in [0, 0.1) is 5.92 Å². The zero-order valence-electron chi connectivity index (χ0n) is 15.7. The van der Waals surface area contributed by atoms with E-state index >= 15 is 0 Å². The first kappa shape index (κ1) is 20.0. The van der Waals surface area contributed by atoms with E-state index in [0.29, 0.717) is 18.4 Å². The van der Waals surface area contributed by atoms with E-state index in [1.807, 2.05) is 20.8 Å². The summed E-state index contributed by atoms with van der Waals surface area (Å²) in [4.78, 5) is 28.6. The quantitative estimate of drug-likeness (QED) is 0.776. The van der Waals surface area contributed by atoms with E-state index in [1.165, 1.54) is 12.3 Å². The van der Waals surface area contributed by atoms with Crippen LogP contribution in [-0.4, -0.2) is 52.4 Å². The molecule has 144 valence electrons. The van der Waals surface area contributed by atoms with Gasteiger partial charge in [0.25, 0.3) is 0 Å². The van der Waals surface area contributed by atoms with Crippen LogP contribution in [0.5, 0.6) is 5.88 Å². The fourth-order valence-electron chi connectivity index (χ4n) is 2.87. The Balaban J connectivity index is 1.63. The molecule has 7 heteroatoms. The minimum absolute atomic E-state index is 0.147. The first-order chi connectivity index (χ1) is 12.2. The van der Waals surface area contributed by atoms with E-state index in [2.05, 4.69) is 4.98 Å². The molecule has 0 radical (unpaired) electrons. The first-order valence-corrected chi connectivity index (χ1v) is 9.04. The van der Waals surface area contributed by atoms with Gasteiger partial charge < -0.3 is 19.5 Å². The summed E-state index contributed by atoms with van der Waals surface area (Å²) in [5.74, 6) is 0.0242. The molecule has 0 saturated carbocycles. The second kappa shape index (κ2) is 8.87. The predicted octanol–water partition coefficient (Wildman–Crippen LogP) is 3.59. The van der Waals surface area contributed by atoms with Crippen molar-refractivity contribution in [1.82, 2.24) is 9.88 Å². The summed E-state index contributed by atoms with van der Waals surface area (Å²) in [6, 6.07) is 3.06. The predicted molar refractivity (Wildman–Crippen MR) is 96.5 cm³/mol. The molecule has 0 unspecified atom stereocenters. The van der Waals surface area contributed by atoms with Crippen molar-refractivity contribution in [2.24, 2.45) is 5.92 Å². The lowest BCUT2D eigenvalue weighted by atomic mass is 9.92. The van der Waals surface area contributed by atoms with Crippen LogP contribution >= 0.6 is 0 Å². The maximum absolute atomic E-state index is 12.0. The molecule has 2 rings (SSSR count). The maximum Gasteiger partial charge on any atom is 0.410 e. The molecule has 0 bridgehead atoms. The molecule has 7 nitrogen and oxygen atoms in total. The number of carbonyl (C=O) groups excluding carboxylic acids is 1. The normalized spacial score (nSPS) is 15.6. The van der Waals surface area contributed by atoms with Crippen LogP contribution in [0.4, 0.5) is 4.79 Å². The Bertz CT molecular complexity index is 601. The molecular weight excluding hydrogens is 336 g/mol. The Kier molecular flexibility index (Phi) is 6.83. The van der Waals surface area contributed by atoms with Crippen LogP contribution in [0.25, 0.3) is 0 Å². The highest BCUT2D eigenvalue weighted by Crippen LogP contribution is 2.23. The molecule has 0 spiro atoms. The fourth-order valence-corrected chi connectivity index (χ4v) is 2.87. The van der Waals surface area contributed by atoms with Crippen molar-refractivity contribution in [3.8, 4) is 5.88 Å². The lowest BCUT2D eigenvalue weighted by Gasteiger charge is -2.33. The minimum atomic E-state index is -0.998. The van der Waals surface area contributed by atoms with Crippen LogP contribution in [0.1, 0.15) is 56.8 Å². The van der Waals surface area contributed by atoms with Gasteiger partial charge in [-0.1, -0.05) is 0 Å². The van der Waals surface area contributed by atoms with Crippen LogP contribution < -0.4 is 4.74 Å². The number of ether oxygens (including phenoxy) is 2. The van der Waals surface area contributed by atoms with Gasteiger partial charge in [-0.2, -0.15) is 0 Å². The lowest BCUT2D eigenvalue weighted by Crippen LogP contribution is -2.41. The third-order valence-electron chi connectivity index (χ3n) is 4.26. The van der Waals surface area contributed by atoms with E-state index in [1.54, 1.807) is 11.0 Å². The van der Waals surface area contributed by atoms with Gasteiger partial charge in [0, 0.05) is 25.4 Å². The first-order valence-electron chi connectivity index (χ1n) is 9.04. The molecule has 1 aliphatic heterocycles. The molecule has 0 aliphatic carbocycles. The van der Waals surface area contributed by atoms with Gasteiger partial charge in [0.1, 0.15) is 5.60 Å². The maximum atomic E-state index is 12.0. The van der Waals surface area contributed by atoms with Crippen molar-refractivity contribution in [2.75, 3.05) is 19.7 Å². The average molecular weight is 364 g/mol. The topological polar surface area (TPSA) is 89.0 Å². The van der Waals surface area contributed by atoms with Crippen molar-refractivity contribution < 1.29 is 24.2 Å². The molecule has 1 N–H and O–H groups in total. The summed E-state index contributed by atoms with van der Waals surface area (Å²) in [6.07, 6.45) is 4.96. The Morgan fingerprint density at radius 2 is 1.96 bits per heavy atom. The van der Waals surface area contributed by atoms with Crippen molar-refractivity contribution in [3.05, 3.63) is 23.9 Å². The number of piperidine rings is 1. The molecule has 1 aromatic heterocycles. The van der Waals surface area contributed by atoms with Gasteiger partial charge in [-0.15, -0.1) is 0 Å². The number of rotatable bonds is 6. The van der Waals surface area contributed by atoms with Crippen molar-refractivity contribution >= 4 is 12.1 Å². The lowest BCUT2D eigenvalue weighted by molar-refractivity contribution is 0.0179. The molecule has 1 aromatic rings. The monoisotopic (exact) mass is 364 g/mol. The number of carboxylic acid groups (broad SMARTS) is 1. The number of likely N-dealkylation sites (tertiary alicyclic amines) is 1. The number of pyridine rings is 1. The van der Waals surface area contributed by atoms with E-state index in [4.69, 9.17) is 14.6 Å². The summed E-state index contributed by atoms with van der Waals surface area (Å²) in [6.45, 7) is 7.65. The second-order valence-corrected chi connectivity index (χ2v) is 7.59. The number of carboxylic acids is 1. The molecule has 0 atom stereocenters. The number of nitrogens with zero attached hydrogens (tertiary/aromatic N) is 2. The fraction of sp³-hybridized carbons (Fsp3) is 0.632. The van der Waals surface area contributed by atoms with Crippen LogP contribution in [0.15, 0.2) is 18.3 Å². The molecule has 1 amide bonds. The highest BCUT2D eigenvalue weighted by molar-refractivity contribution is 5.87. The molecular formula is C19H28N2O5. The Morgan fingerprint density at radius 3 is 2.50 bits per heavy atom. The summed E-state index contributed by atoms with van der Waals surface area (Å²) >= 11 is 0. The molecule has 2 heterocycles. The van der Waals surface area contributed by atoms with Crippen molar-refractivity contribution in [3.63, 3.8) is 0 Å². The second-order valence-electron chi connectivity index (χ2n) is 7.59. The standard InChI is InChI=1S/C19H28N2O5/c1-19(2,3)26-18(24)21-10-8-14(9-11-21)5-4-12-25-16-7-6-15(13-20-16)17(22)23/h6-7,13-14H,4-5,8-12H2,1-3H3,(H,22,23). The van der Waals surface area contributed by atoms with Crippen LogP contribution in [0.2, 0.25) is 0 Å². The van der Waals surface area contributed by atoms with Crippen LogP contribution in [-0.2, 0) is 4.74 Å². The summed E-state index contributed by atoms with van der Waals surface area (Å²) in [5, 5.41) is 8.83. The van der Waals surface area contributed by atoms with Gasteiger partial charge in [0.2, 0.25) is 5.88 Å². The smallest absolute Gasteiger partial charge is 0.410 e. The largest absolute Gasteiger partial charge is 0.478 e. The summed E-state index contributed by atoms with van der Waals surface area (Å²) in [7, 11) is 0. The number of hydrogen-bond donors (Lipinski definition) is 1. The van der Waals surface area contributed by atoms with Crippen molar-refractivity contribution in [2.45, 2.75) is 52.1 Å². The van der Waals surface area contributed by atoms with E-state index < -0.39 is 11.6 Å². The summed E-state index contributed by atoms with van der Waals surface area (Å²) in [5.41, 5.74) is -0.309. The number of amides is 1. The number of carbonyl (C=O) groups is 2. The Hall–Kier alpha value is -2.31. The van der Waals surface area contributed by atoms with Gasteiger partial charge in [0.15, 0.2) is 0 Å². The van der Waals surface area contributed by atoms with Gasteiger partial charge in [-0.25, -0.2) is 14.6 Å². The number of aromatic nitrogens is 1. The SMILES string of the molecule is CC(C)(C)OC(=O)N1CCC(CCCOc2ccc(C(=O)O)cn2)CC1. The highest BCUT2D eigenvalue weighted by Gasteiger charge is 2.26. The zero-order chi connectivity index (χ0) is 19.2. The Labute approximate surface area is 154 Å². The van der Waals surface area contributed by atoms with E-state index in [9.17, 15) is 9.59 Å². The van der Waals surface area contributed by atoms with Crippen molar-refractivity contribution in [1.29, 1.82) is 0 Å². The minimum Gasteiger partial charge on any atom is -0.478 e. The van der Waals surface area contributed by atoms with Gasteiger partial charge in [-0.3, -0.25) is 0 Å². The van der Waals surface area contributed by atoms with Gasteiger partial charge in [0.05, 0.1) is 12.2 Å². The molecule has 1 aliphatic rings. The van der Waals surface area contributed by atoms with E-state index in [0.717, 1.165) is 38.8 Å². The van der Waals surface area contributed by atoms with E-state index in [-0.39, 0.29) is 11.7 Å². The van der Waals surface area contributed by atoms with Crippen LogP contribution in [0.3, 0.4) is 0 Å². The zero-order valence-corrected chi connectivity index (χ0v) is 15.7. The average Bonchev–Trinajstić information content (AvgIpc) is 2.58. The molecule has 1 saturated heterocycles. The third-order valence-corrected chi connectivity index (χ3v) is 4.26. The number of aromatic carboxylic acids is 1. The highest BCUT2D eigenvalue weighted by atomic mass is 16.6. The molecule has 0 aromatic carbocycles. The Morgan fingerprint density at radius 1 is 1.27 bits per heavy atom. The third kappa shape index (κ3) is 6.54. The van der Waals surface area contributed by atoms with Gasteiger partial charge >= 0.3 is 12.1 Å². The molecule has 1 fully saturated rings. The number of hydrogen-bond acceptors (Lipinski definition) is 5. The molecule has 26 heavy (non-hydrogen) atoms. The van der Waals surface area contributed by atoms with Gasteiger partial charge in [-0.05, 0) is 58.4 Å². The summed E-state index contributed by atoms with van der Waals surface area (Å²) < 4.78 is 11.0.